The predicted molar refractivity (Wildman–Crippen MR) is 52.8 cm³/mol. The van der Waals surface area contributed by atoms with Crippen LogP contribution in [0.25, 0.3) is 0 Å². The summed E-state index contributed by atoms with van der Waals surface area (Å²) >= 11 is 0. The molecule has 1 aliphatic heterocycles. The predicted octanol–water partition coefficient (Wildman–Crippen LogP) is 0.512. The highest BCUT2D eigenvalue weighted by Gasteiger charge is 2.19. The summed E-state index contributed by atoms with van der Waals surface area (Å²) in [5.41, 5.74) is 5.48. The van der Waals surface area contributed by atoms with Crippen LogP contribution in [0, 0.1) is 0 Å². The number of nitrogens with two attached hydrogens (primary N) is 1. The van der Waals surface area contributed by atoms with Crippen molar-refractivity contribution in [2.24, 2.45) is 10.1 Å². The second-order valence-corrected chi connectivity index (χ2v) is 5.88. The molecule has 0 saturated carbocycles. The van der Waals surface area contributed by atoms with Crippen molar-refractivity contribution in [3.05, 3.63) is 0 Å². The van der Waals surface area contributed by atoms with Gasteiger partial charge in [0.15, 0.2) is 0 Å². The van der Waals surface area contributed by atoms with Crippen LogP contribution in [0.5, 0.6) is 0 Å². The summed E-state index contributed by atoms with van der Waals surface area (Å²) in [5.74, 6) is 0.735. The van der Waals surface area contributed by atoms with Crippen LogP contribution >= 0.6 is 0 Å². The van der Waals surface area contributed by atoms with E-state index in [0.29, 0.717) is 17.9 Å². The first kappa shape index (κ1) is 10.7. The summed E-state index contributed by atoms with van der Waals surface area (Å²) in [6.07, 6.45) is 2.38. The molecule has 1 amide bonds. The van der Waals surface area contributed by atoms with Gasteiger partial charge in [0.1, 0.15) is 0 Å². The Morgan fingerprint density at radius 2 is 2.08 bits per heavy atom. The molecule has 2 N–H and O–H groups in total. The van der Waals surface area contributed by atoms with Gasteiger partial charge in [0.2, 0.25) is 0 Å². The van der Waals surface area contributed by atoms with Gasteiger partial charge in [-0.1, -0.05) is 6.92 Å². The second kappa shape index (κ2) is 4.19. The van der Waals surface area contributed by atoms with Gasteiger partial charge in [0.05, 0.1) is 15.8 Å². The average Bonchev–Trinajstić information content (AvgIpc) is 2.50. The summed E-state index contributed by atoms with van der Waals surface area (Å²) in [5, 5.41) is 0. The molecule has 1 saturated heterocycles. The van der Waals surface area contributed by atoms with E-state index >= 15 is 0 Å². The number of hydrogen-bond acceptors (Lipinski definition) is 3. The second-order valence-electron chi connectivity index (χ2n) is 3.33. The fourth-order valence-electron chi connectivity index (χ4n) is 1.25. The van der Waals surface area contributed by atoms with Crippen LogP contribution in [-0.2, 0) is 14.5 Å². The van der Waals surface area contributed by atoms with E-state index in [2.05, 4.69) is 4.36 Å². The van der Waals surface area contributed by atoms with Gasteiger partial charge in [-0.05, 0) is 19.3 Å². The molecule has 1 fully saturated rings. The minimum absolute atomic E-state index is 0.394. The minimum Gasteiger partial charge on any atom is -0.320 e. The highest BCUT2D eigenvalue weighted by molar-refractivity contribution is 7.94. The lowest BCUT2D eigenvalue weighted by atomic mass is 10.2. The molecule has 13 heavy (non-hydrogen) atoms. The highest BCUT2D eigenvalue weighted by atomic mass is 32.2. The fourth-order valence-corrected chi connectivity index (χ4v) is 3.42. The van der Waals surface area contributed by atoms with Gasteiger partial charge in [-0.25, -0.2) is 4.21 Å². The Kier molecular flexibility index (Phi) is 3.44. The number of rotatable bonds is 2. The minimum atomic E-state index is -2.21. The Hall–Kier alpha value is -0.420. The summed E-state index contributed by atoms with van der Waals surface area (Å²) < 4.78 is 15.5. The van der Waals surface area contributed by atoms with Gasteiger partial charge in [0, 0.05) is 11.5 Å². The first-order valence-electron chi connectivity index (χ1n) is 4.59. The van der Waals surface area contributed by atoms with E-state index in [0.717, 1.165) is 12.8 Å². The van der Waals surface area contributed by atoms with E-state index in [1.807, 2.05) is 6.92 Å². The molecule has 0 aromatic heterocycles. The molecule has 76 valence electrons. The summed E-state index contributed by atoms with van der Waals surface area (Å²) in [4.78, 5) is 11.3. The Labute approximate surface area is 79.1 Å². The Bertz CT molecular complexity index is 293. The van der Waals surface area contributed by atoms with Crippen molar-refractivity contribution >= 4 is 15.6 Å². The van der Waals surface area contributed by atoms with E-state index in [4.69, 9.17) is 5.73 Å². The monoisotopic (exact) mass is 204 g/mol. The van der Waals surface area contributed by atoms with Crippen LogP contribution in [0.2, 0.25) is 0 Å². The van der Waals surface area contributed by atoms with Crippen molar-refractivity contribution in [1.82, 2.24) is 0 Å². The van der Waals surface area contributed by atoms with E-state index in [9.17, 15) is 9.00 Å². The van der Waals surface area contributed by atoms with Crippen LogP contribution < -0.4 is 5.73 Å². The molecule has 0 spiro atoms. The number of carbonyl (C=O) groups excluding carboxylic acids is 1. The molecule has 0 aromatic carbocycles. The zero-order valence-corrected chi connectivity index (χ0v) is 8.68. The van der Waals surface area contributed by atoms with Gasteiger partial charge in [-0.2, -0.15) is 4.36 Å². The lowest BCUT2D eigenvalue weighted by Crippen LogP contribution is -2.29. The van der Waals surface area contributed by atoms with Crippen LogP contribution in [0.3, 0.4) is 0 Å². The molecule has 1 unspecified atom stereocenters. The van der Waals surface area contributed by atoms with Crippen molar-refractivity contribution in [2.75, 3.05) is 11.5 Å². The smallest absolute Gasteiger partial charge is 0.270 e. The van der Waals surface area contributed by atoms with Crippen LogP contribution in [0.15, 0.2) is 4.36 Å². The third-order valence-electron chi connectivity index (χ3n) is 2.19. The van der Waals surface area contributed by atoms with Crippen molar-refractivity contribution < 1.29 is 9.00 Å². The molecule has 5 heteroatoms. The standard InChI is InChI=1S/C8H16N2O2S/c1-2-7(9)8(11)10-13(12)5-3-4-6-13/h7H,2-6,9H2,1H3. The normalized spacial score (nSPS) is 22.6. The van der Waals surface area contributed by atoms with Crippen molar-refractivity contribution in [1.29, 1.82) is 0 Å². The van der Waals surface area contributed by atoms with Gasteiger partial charge in [-0.3, -0.25) is 4.79 Å². The summed E-state index contributed by atoms with van der Waals surface area (Å²) in [7, 11) is -2.21. The maximum absolute atomic E-state index is 11.8. The molecule has 0 aliphatic carbocycles. The summed E-state index contributed by atoms with van der Waals surface area (Å²) in [6, 6.07) is -0.570. The third-order valence-corrected chi connectivity index (χ3v) is 4.56. The first-order valence-corrected chi connectivity index (χ1v) is 6.44. The lowest BCUT2D eigenvalue weighted by Gasteiger charge is -2.04. The number of hydrogen-bond donors (Lipinski definition) is 1. The number of nitrogens with zero attached hydrogens (tertiary/aromatic N) is 1. The van der Waals surface area contributed by atoms with Crippen LogP contribution in [-0.4, -0.2) is 27.7 Å². The molecule has 1 heterocycles. The number of amides is 1. The molecule has 1 aliphatic rings. The van der Waals surface area contributed by atoms with Crippen molar-refractivity contribution in [2.45, 2.75) is 32.2 Å². The molecule has 0 radical (unpaired) electrons. The van der Waals surface area contributed by atoms with Crippen LogP contribution in [0.1, 0.15) is 26.2 Å². The van der Waals surface area contributed by atoms with Gasteiger partial charge >= 0.3 is 0 Å². The molecular formula is C8H16N2O2S. The largest absolute Gasteiger partial charge is 0.320 e. The molecule has 4 nitrogen and oxygen atoms in total. The molecule has 0 aromatic rings. The van der Waals surface area contributed by atoms with E-state index in [1.165, 1.54) is 0 Å². The zero-order chi connectivity index (χ0) is 9.90. The SMILES string of the molecule is CCC(N)C(=O)N=S1(=O)CCCC1. The lowest BCUT2D eigenvalue weighted by molar-refractivity contribution is -0.118. The van der Waals surface area contributed by atoms with Gasteiger partial charge in [0.25, 0.3) is 5.91 Å². The van der Waals surface area contributed by atoms with Gasteiger partial charge < -0.3 is 5.73 Å². The molecular weight excluding hydrogens is 188 g/mol. The average molecular weight is 204 g/mol. The topological polar surface area (TPSA) is 72.5 Å². The van der Waals surface area contributed by atoms with E-state index < -0.39 is 21.7 Å². The molecule has 1 atom stereocenters. The van der Waals surface area contributed by atoms with Crippen molar-refractivity contribution in [3.8, 4) is 0 Å². The Morgan fingerprint density at radius 1 is 1.54 bits per heavy atom. The summed E-state index contributed by atoms with van der Waals surface area (Å²) in [6.45, 7) is 1.82. The maximum atomic E-state index is 11.8. The maximum Gasteiger partial charge on any atom is 0.270 e. The fraction of sp³-hybridized carbons (Fsp3) is 0.875. The Morgan fingerprint density at radius 3 is 2.54 bits per heavy atom. The zero-order valence-electron chi connectivity index (χ0n) is 7.86. The number of carbonyl (C=O) groups is 1. The molecule has 1 rings (SSSR count). The Balaban J connectivity index is 2.75. The first-order chi connectivity index (χ1) is 6.07. The molecule has 0 bridgehead atoms. The third kappa shape index (κ3) is 2.77. The van der Waals surface area contributed by atoms with Crippen LogP contribution in [0.4, 0.5) is 0 Å². The van der Waals surface area contributed by atoms with E-state index in [-0.39, 0.29) is 0 Å². The van der Waals surface area contributed by atoms with E-state index in [1.54, 1.807) is 0 Å². The quantitative estimate of drug-likeness (QED) is 0.712. The highest BCUT2D eigenvalue weighted by Crippen LogP contribution is 2.13. The van der Waals surface area contributed by atoms with Gasteiger partial charge in [-0.15, -0.1) is 0 Å². The van der Waals surface area contributed by atoms with Crippen molar-refractivity contribution in [3.63, 3.8) is 0 Å².